The quantitative estimate of drug-likeness (QED) is 0.253. The highest BCUT2D eigenvalue weighted by molar-refractivity contribution is 6.30. The Morgan fingerprint density at radius 3 is 2.32 bits per heavy atom. The molecule has 0 aromatic heterocycles. The number of carbonyl (C=O) groups is 5. The highest BCUT2D eigenvalue weighted by Crippen LogP contribution is 2.44. The maximum atomic E-state index is 13.8. The minimum absolute atomic E-state index is 0.0617. The number of nitrogens with one attached hydrogen (secondary N) is 1. The van der Waals surface area contributed by atoms with Gasteiger partial charge in [0.2, 0.25) is 17.7 Å². The van der Waals surface area contributed by atoms with Gasteiger partial charge in [-0.3, -0.25) is 14.4 Å². The first-order chi connectivity index (χ1) is 20.6. The highest BCUT2D eigenvalue weighted by Gasteiger charge is 2.61. The van der Waals surface area contributed by atoms with Crippen LogP contribution in [0.1, 0.15) is 50.8 Å². The molecule has 3 atom stereocenters. The van der Waals surface area contributed by atoms with Gasteiger partial charge in [-0.1, -0.05) is 38.4 Å². The number of likely N-dealkylation sites (N-methyl/N-ethyl adjacent to an activating group) is 1. The predicted octanol–water partition coefficient (Wildman–Crippen LogP) is 2.87. The second kappa shape index (κ2) is 12.3. The van der Waals surface area contributed by atoms with Gasteiger partial charge in [-0.2, -0.15) is 0 Å². The van der Waals surface area contributed by atoms with Crippen molar-refractivity contribution in [2.24, 2.45) is 5.41 Å². The maximum Gasteiger partial charge on any atom is 0.363 e. The summed E-state index contributed by atoms with van der Waals surface area (Å²) in [7, 11) is 1.63. The third kappa shape index (κ3) is 6.13. The van der Waals surface area contributed by atoms with E-state index in [1.54, 1.807) is 52.1 Å². The lowest BCUT2D eigenvalue weighted by atomic mass is 9.85. The second-order valence-corrected chi connectivity index (χ2v) is 12.3. The molecule has 0 saturated carbocycles. The third-order valence-electron chi connectivity index (χ3n) is 7.81. The fourth-order valence-electron chi connectivity index (χ4n) is 5.32. The lowest BCUT2D eigenvalue weighted by Crippen LogP contribution is -2.57. The average molecular weight is 628 g/mol. The molecule has 1 unspecified atom stereocenters. The zero-order valence-electron chi connectivity index (χ0n) is 24.6. The van der Waals surface area contributed by atoms with Crippen LogP contribution in [-0.2, 0) is 24.0 Å². The number of carboxylic acid groups (broad SMARTS) is 2. The van der Waals surface area contributed by atoms with Gasteiger partial charge in [0, 0.05) is 35.9 Å². The molecule has 13 heteroatoms. The maximum absolute atomic E-state index is 13.8. The number of halogens is 1. The van der Waals surface area contributed by atoms with Crippen LogP contribution in [0.2, 0.25) is 5.02 Å². The van der Waals surface area contributed by atoms with Crippen LogP contribution in [0.15, 0.2) is 48.5 Å². The number of amides is 3. The van der Waals surface area contributed by atoms with Gasteiger partial charge in [-0.25, -0.2) is 9.59 Å². The number of rotatable bonds is 8. The Bertz CT molecular complexity index is 1500. The molecular formula is C31H34ClN3O9. The Hall–Kier alpha value is -4.42. The van der Waals surface area contributed by atoms with Gasteiger partial charge in [-0.15, -0.1) is 0 Å². The molecule has 0 bridgehead atoms. The van der Waals surface area contributed by atoms with Gasteiger partial charge in [0.05, 0.1) is 0 Å². The Kier molecular flexibility index (Phi) is 9.08. The van der Waals surface area contributed by atoms with Crippen LogP contribution in [-0.4, -0.2) is 81.2 Å². The Balaban J connectivity index is 1.49. The second-order valence-electron chi connectivity index (χ2n) is 11.9. The number of likely N-dealkylation sites (tertiary alicyclic amines) is 1. The summed E-state index contributed by atoms with van der Waals surface area (Å²) >= 11 is 5.97. The number of aliphatic hydroxyl groups is 1. The van der Waals surface area contributed by atoms with Crippen molar-refractivity contribution in [3.05, 3.63) is 64.7 Å². The van der Waals surface area contributed by atoms with E-state index in [-0.39, 0.29) is 17.2 Å². The Morgan fingerprint density at radius 2 is 1.73 bits per heavy atom. The van der Waals surface area contributed by atoms with Crippen molar-refractivity contribution in [2.75, 3.05) is 18.5 Å². The molecule has 234 valence electrons. The minimum Gasteiger partial charge on any atom is -0.478 e. The number of hydrogen-bond acceptors (Lipinski definition) is 7. The van der Waals surface area contributed by atoms with E-state index in [1.807, 2.05) is 0 Å². The first-order valence-corrected chi connectivity index (χ1v) is 14.3. The van der Waals surface area contributed by atoms with Crippen molar-refractivity contribution in [3.63, 3.8) is 0 Å². The van der Waals surface area contributed by atoms with Crippen molar-refractivity contribution in [1.29, 1.82) is 0 Å². The van der Waals surface area contributed by atoms with Crippen LogP contribution < -0.4 is 15.0 Å². The molecule has 12 nitrogen and oxygen atoms in total. The van der Waals surface area contributed by atoms with Crippen molar-refractivity contribution >= 4 is 53.0 Å². The molecule has 2 aliphatic rings. The summed E-state index contributed by atoms with van der Waals surface area (Å²) in [5, 5.41) is 32.7. The molecule has 0 spiro atoms. The molecule has 4 rings (SSSR count). The van der Waals surface area contributed by atoms with E-state index < -0.39 is 53.0 Å². The molecule has 2 aromatic rings. The van der Waals surface area contributed by atoms with Gasteiger partial charge >= 0.3 is 17.5 Å². The van der Waals surface area contributed by atoms with Crippen LogP contribution in [0.4, 0.5) is 5.69 Å². The molecule has 4 N–H and O–H groups in total. The first-order valence-electron chi connectivity index (χ1n) is 13.9. The van der Waals surface area contributed by atoms with E-state index in [2.05, 4.69) is 5.32 Å². The van der Waals surface area contributed by atoms with E-state index in [4.69, 9.17) is 16.3 Å². The van der Waals surface area contributed by atoms with Crippen LogP contribution in [0, 0.1) is 5.41 Å². The smallest absolute Gasteiger partial charge is 0.363 e. The Morgan fingerprint density at radius 1 is 1.09 bits per heavy atom. The number of hydrogen-bond donors (Lipinski definition) is 4. The van der Waals surface area contributed by atoms with E-state index in [9.17, 15) is 39.3 Å². The SMILES string of the molecule is CN(C(=O)[C@@H]1CCCN1C(=O)[C@@H](NC(=O)/C=C/c1ccc2c(c1)C(O)C(C(=O)O)(C(=O)O)O2)C(C)(C)C)c1ccc(Cl)cc1. The molecule has 1 fully saturated rings. The number of benzene rings is 2. The summed E-state index contributed by atoms with van der Waals surface area (Å²) in [4.78, 5) is 66.6. The third-order valence-corrected chi connectivity index (χ3v) is 8.06. The zero-order chi connectivity index (χ0) is 32.6. The molecule has 0 radical (unpaired) electrons. The number of aliphatic carboxylic acids is 2. The van der Waals surface area contributed by atoms with Gasteiger partial charge in [0.25, 0.3) is 0 Å². The lowest BCUT2D eigenvalue weighted by Gasteiger charge is -2.36. The average Bonchev–Trinajstić information content (AvgIpc) is 3.57. The topological polar surface area (TPSA) is 174 Å². The molecule has 2 aromatic carbocycles. The van der Waals surface area contributed by atoms with Gasteiger partial charge in [-0.05, 0) is 66.3 Å². The van der Waals surface area contributed by atoms with Crippen LogP contribution in [0.25, 0.3) is 6.08 Å². The molecule has 44 heavy (non-hydrogen) atoms. The molecule has 2 aliphatic heterocycles. The number of anilines is 1. The fraction of sp³-hybridized carbons (Fsp3) is 0.387. The largest absolute Gasteiger partial charge is 0.478 e. The van der Waals surface area contributed by atoms with Gasteiger partial charge in [0.1, 0.15) is 23.9 Å². The van der Waals surface area contributed by atoms with Crippen molar-refractivity contribution in [3.8, 4) is 5.75 Å². The molecular weight excluding hydrogens is 594 g/mol. The Labute approximate surface area is 258 Å². The molecule has 0 aliphatic carbocycles. The number of aliphatic hydroxyl groups excluding tert-OH is 1. The van der Waals surface area contributed by atoms with Crippen molar-refractivity contribution < 1.29 is 44.0 Å². The summed E-state index contributed by atoms with van der Waals surface area (Å²) < 4.78 is 5.12. The molecule has 3 amide bonds. The number of carboxylic acids is 2. The number of nitrogens with zero attached hydrogens (tertiary/aromatic N) is 2. The fourth-order valence-corrected chi connectivity index (χ4v) is 5.44. The van der Waals surface area contributed by atoms with E-state index in [1.165, 1.54) is 40.2 Å². The van der Waals surface area contributed by atoms with Crippen LogP contribution in [0.3, 0.4) is 0 Å². The minimum atomic E-state index is -2.89. The van der Waals surface area contributed by atoms with Crippen molar-refractivity contribution in [2.45, 2.75) is 57.4 Å². The van der Waals surface area contributed by atoms with Gasteiger partial charge in [0.15, 0.2) is 0 Å². The van der Waals surface area contributed by atoms with E-state index in [0.717, 1.165) is 0 Å². The number of fused-ring (bicyclic) bond motifs is 1. The predicted molar refractivity (Wildman–Crippen MR) is 160 cm³/mol. The summed E-state index contributed by atoms with van der Waals surface area (Å²) in [6.07, 6.45) is 1.65. The van der Waals surface area contributed by atoms with Crippen LogP contribution >= 0.6 is 11.6 Å². The first kappa shape index (κ1) is 32.5. The van der Waals surface area contributed by atoms with Gasteiger partial charge < -0.3 is 35.2 Å². The summed E-state index contributed by atoms with van der Waals surface area (Å²) in [6, 6.07) is 9.19. The highest BCUT2D eigenvalue weighted by atomic mass is 35.5. The summed E-state index contributed by atoms with van der Waals surface area (Å²) in [5.74, 6) is -5.09. The number of ether oxygens (including phenoxy) is 1. The van der Waals surface area contributed by atoms with E-state index >= 15 is 0 Å². The summed E-state index contributed by atoms with van der Waals surface area (Å²) in [5.41, 5.74) is -2.69. The summed E-state index contributed by atoms with van der Waals surface area (Å²) in [6.45, 7) is 5.75. The monoisotopic (exact) mass is 627 g/mol. The standard InChI is InChI=1S/C31H34ClN3O9/c1-30(2,3)24(27(39)35-15-5-6-21(35)26(38)34(4)19-11-9-18(32)10-12-19)33-23(36)14-8-17-7-13-22-20(16-17)25(37)31(44-22,28(40)41)29(42)43/h7-14,16,21,24-25,37H,5-6,15H2,1-4H3,(H,33,36)(H,40,41)(H,42,43)/b14-8+/t21-,24+,25?/m0/s1. The van der Waals surface area contributed by atoms with E-state index in [0.29, 0.717) is 35.7 Å². The van der Waals surface area contributed by atoms with Crippen molar-refractivity contribution in [1.82, 2.24) is 10.2 Å². The van der Waals surface area contributed by atoms with Crippen LogP contribution in [0.5, 0.6) is 5.75 Å². The molecule has 2 heterocycles. The lowest BCUT2D eigenvalue weighted by molar-refractivity contribution is -0.180. The molecule has 1 saturated heterocycles. The normalized spacial score (nSPS) is 19.6. The zero-order valence-corrected chi connectivity index (χ0v) is 25.4. The number of carbonyl (C=O) groups excluding carboxylic acids is 3.